The molecule has 2 atom stereocenters. The van der Waals surface area contributed by atoms with Crippen LogP contribution in [0, 0.1) is 0 Å². The van der Waals surface area contributed by atoms with E-state index in [9.17, 15) is 0 Å². The van der Waals surface area contributed by atoms with Gasteiger partial charge in [0.05, 0.1) is 10.7 Å². The molecule has 1 aliphatic rings. The van der Waals surface area contributed by atoms with Crippen molar-refractivity contribution in [1.82, 2.24) is 14.9 Å². The van der Waals surface area contributed by atoms with Crippen molar-refractivity contribution in [3.8, 4) is 0 Å². The summed E-state index contributed by atoms with van der Waals surface area (Å²) in [5, 5.41) is 3.65. The molecule has 0 aliphatic heterocycles. The van der Waals surface area contributed by atoms with Crippen molar-refractivity contribution in [3.05, 3.63) is 40.1 Å². The van der Waals surface area contributed by atoms with Gasteiger partial charge in [0.15, 0.2) is 0 Å². The molecule has 3 nitrogen and oxygen atoms in total. The van der Waals surface area contributed by atoms with Crippen molar-refractivity contribution in [3.63, 3.8) is 0 Å². The van der Waals surface area contributed by atoms with Crippen molar-refractivity contribution < 1.29 is 0 Å². The third-order valence-corrected chi connectivity index (χ3v) is 4.79. The first kappa shape index (κ1) is 12.2. The molecule has 0 bridgehead atoms. The molecular weight excluding hydrogens is 266 g/mol. The number of hydrogen-bond donors (Lipinski definition) is 1. The second-order valence-corrected chi connectivity index (χ2v) is 6.50. The molecule has 5 heteroatoms. The maximum Gasteiger partial charge on any atom is 0.0949 e. The standard InChI is InChI=1S/C13H16ClN3S/c14-13-5-4-10(18-13)8-16-11-2-1-3-12(11)17-7-6-15-9-17/h4-7,9,11-12,16H,1-3,8H2. The lowest BCUT2D eigenvalue weighted by molar-refractivity contribution is 0.391. The summed E-state index contributed by atoms with van der Waals surface area (Å²) in [7, 11) is 0. The molecule has 0 amide bonds. The van der Waals surface area contributed by atoms with Gasteiger partial charge in [0.2, 0.25) is 0 Å². The molecule has 2 heterocycles. The van der Waals surface area contributed by atoms with Crippen LogP contribution in [-0.2, 0) is 6.54 Å². The summed E-state index contributed by atoms with van der Waals surface area (Å²) in [6, 6.07) is 5.15. The number of hydrogen-bond acceptors (Lipinski definition) is 3. The number of nitrogens with zero attached hydrogens (tertiary/aromatic N) is 2. The van der Waals surface area contributed by atoms with Crippen molar-refractivity contribution in [2.24, 2.45) is 0 Å². The average Bonchev–Trinajstić information content (AvgIpc) is 3.07. The van der Waals surface area contributed by atoms with E-state index in [1.165, 1.54) is 24.1 Å². The molecule has 1 saturated carbocycles. The fraction of sp³-hybridized carbons (Fsp3) is 0.462. The summed E-state index contributed by atoms with van der Waals surface area (Å²) in [6.07, 6.45) is 9.60. The highest BCUT2D eigenvalue weighted by Gasteiger charge is 2.27. The Hall–Kier alpha value is -0.840. The molecular formula is C13H16ClN3S. The number of imidazole rings is 1. The predicted octanol–water partition coefficient (Wildman–Crippen LogP) is 3.48. The minimum Gasteiger partial charge on any atom is -0.333 e. The van der Waals surface area contributed by atoms with E-state index in [1.54, 1.807) is 11.3 Å². The molecule has 18 heavy (non-hydrogen) atoms. The molecule has 0 aromatic carbocycles. The smallest absolute Gasteiger partial charge is 0.0949 e. The first-order valence-corrected chi connectivity index (χ1v) is 7.47. The van der Waals surface area contributed by atoms with Crippen LogP contribution in [0.3, 0.4) is 0 Å². The quantitative estimate of drug-likeness (QED) is 0.930. The zero-order chi connectivity index (χ0) is 12.4. The van der Waals surface area contributed by atoms with Gasteiger partial charge in [0.25, 0.3) is 0 Å². The zero-order valence-corrected chi connectivity index (χ0v) is 11.6. The molecule has 1 N–H and O–H groups in total. The van der Waals surface area contributed by atoms with Crippen LogP contribution in [0.5, 0.6) is 0 Å². The van der Waals surface area contributed by atoms with Crippen LogP contribution in [0.4, 0.5) is 0 Å². The molecule has 96 valence electrons. The molecule has 0 spiro atoms. The van der Waals surface area contributed by atoms with Crippen molar-refractivity contribution in [2.75, 3.05) is 0 Å². The van der Waals surface area contributed by atoms with Gasteiger partial charge in [0, 0.05) is 35.9 Å². The normalized spacial score (nSPS) is 23.6. The Balaban J connectivity index is 1.62. The summed E-state index contributed by atoms with van der Waals surface area (Å²) >= 11 is 7.60. The first-order valence-electron chi connectivity index (χ1n) is 6.28. The van der Waals surface area contributed by atoms with Gasteiger partial charge in [-0.25, -0.2) is 4.98 Å². The van der Waals surface area contributed by atoms with Gasteiger partial charge in [0.1, 0.15) is 0 Å². The highest BCUT2D eigenvalue weighted by atomic mass is 35.5. The summed E-state index contributed by atoms with van der Waals surface area (Å²) in [4.78, 5) is 5.44. The van der Waals surface area contributed by atoms with E-state index >= 15 is 0 Å². The summed E-state index contributed by atoms with van der Waals surface area (Å²) in [5.74, 6) is 0. The third-order valence-electron chi connectivity index (χ3n) is 3.55. The maximum absolute atomic E-state index is 5.94. The van der Waals surface area contributed by atoms with Gasteiger partial charge < -0.3 is 9.88 Å². The zero-order valence-electron chi connectivity index (χ0n) is 10.1. The van der Waals surface area contributed by atoms with Crippen LogP contribution < -0.4 is 5.32 Å². The highest BCUT2D eigenvalue weighted by molar-refractivity contribution is 7.16. The second-order valence-electron chi connectivity index (χ2n) is 4.70. The first-order chi connectivity index (χ1) is 8.83. The fourth-order valence-electron chi connectivity index (χ4n) is 2.68. The van der Waals surface area contributed by atoms with E-state index < -0.39 is 0 Å². The molecule has 2 aromatic rings. The Morgan fingerprint density at radius 1 is 1.44 bits per heavy atom. The second kappa shape index (κ2) is 5.43. The molecule has 1 fully saturated rings. The third kappa shape index (κ3) is 2.60. The van der Waals surface area contributed by atoms with Gasteiger partial charge in [-0.15, -0.1) is 11.3 Å². The van der Waals surface area contributed by atoms with Crippen LogP contribution >= 0.6 is 22.9 Å². The van der Waals surface area contributed by atoms with E-state index in [1.807, 2.05) is 18.6 Å². The van der Waals surface area contributed by atoms with Crippen molar-refractivity contribution >= 4 is 22.9 Å². The molecule has 2 aromatic heterocycles. The van der Waals surface area contributed by atoms with E-state index in [0.717, 1.165) is 10.9 Å². The number of aromatic nitrogens is 2. The number of nitrogens with one attached hydrogen (secondary N) is 1. The van der Waals surface area contributed by atoms with Crippen LogP contribution in [0.25, 0.3) is 0 Å². The van der Waals surface area contributed by atoms with Crippen LogP contribution in [0.1, 0.15) is 30.2 Å². The summed E-state index contributed by atoms with van der Waals surface area (Å²) in [6.45, 7) is 0.910. The summed E-state index contributed by atoms with van der Waals surface area (Å²) in [5.41, 5.74) is 0. The fourth-order valence-corrected chi connectivity index (χ4v) is 3.72. The van der Waals surface area contributed by atoms with Gasteiger partial charge in [-0.05, 0) is 31.4 Å². The Kier molecular flexibility index (Phi) is 3.68. The van der Waals surface area contributed by atoms with Crippen LogP contribution in [-0.4, -0.2) is 15.6 Å². The topological polar surface area (TPSA) is 29.9 Å². The summed E-state index contributed by atoms with van der Waals surface area (Å²) < 4.78 is 3.09. The molecule has 1 aliphatic carbocycles. The number of rotatable bonds is 4. The van der Waals surface area contributed by atoms with Crippen molar-refractivity contribution in [2.45, 2.75) is 37.9 Å². The minimum absolute atomic E-state index is 0.542. The Morgan fingerprint density at radius 3 is 3.11 bits per heavy atom. The van der Waals surface area contributed by atoms with E-state index in [0.29, 0.717) is 12.1 Å². The lowest BCUT2D eigenvalue weighted by atomic mass is 10.1. The van der Waals surface area contributed by atoms with E-state index in [2.05, 4.69) is 27.1 Å². The molecule has 0 radical (unpaired) electrons. The predicted molar refractivity (Wildman–Crippen MR) is 75.1 cm³/mol. The largest absolute Gasteiger partial charge is 0.333 e. The highest BCUT2D eigenvalue weighted by Crippen LogP contribution is 2.30. The van der Waals surface area contributed by atoms with E-state index in [-0.39, 0.29) is 0 Å². The van der Waals surface area contributed by atoms with Gasteiger partial charge in [-0.3, -0.25) is 0 Å². The van der Waals surface area contributed by atoms with E-state index in [4.69, 9.17) is 11.6 Å². The Morgan fingerprint density at radius 2 is 2.39 bits per heavy atom. The number of thiophene rings is 1. The SMILES string of the molecule is Clc1ccc(CNC2CCCC2n2ccnc2)s1. The minimum atomic E-state index is 0.542. The lowest BCUT2D eigenvalue weighted by Crippen LogP contribution is -2.32. The lowest BCUT2D eigenvalue weighted by Gasteiger charge is -2.21. The Bertz CT molecular complexity index is 494. The Labute approximate surface area is 116 Å². The van der Waals surface area contributed by atoms with Gasteiger partial charge >= 0.3 is 0 Å². The van der Waals surface area contributed by atoms with Crippen LogP contribution in [0.15, 0.2) is 30.9 Å². The van der Waals surface area contributed by atoms with Gasteiger partial charge in [-0.2, -0.15) is 0 Å². The average molecular weight is 282 g/mol. The van der Waals surface area contributed by atoms with Crippen LogP contribution in [0.2, 0.25) is 4.34 Å². The molecule has 0 saturated heterocycles. The van der Waals surface area contributed by atoms with Gasteiger partial charge in [-0.1, -0.05) is 11.6 Å². The molecule has 2 unspecified atom stereocenters. The molecule has 3 rings (SSSR count). The number of halogens is 1. The van der Waals surface area contributed by atoms with Crippen molar-refractivity contribution in [1.29, 1.82) is 0 Å². The maximum atomic E-state index is 5.94. The monoisotopic (exact) mass is 281 g/mol.